The third-order valence-electron chi connectivity index (χ3n) is 6.47. The second kappa shape index (κ2) is 8.67. The monoisotopic (exact) mass is 492 g/mol. The molecule has 0 spiro atoms. The molecule has 0 saturated carbocycles. The molecule has 2 atom stereocenters. The number of nitrogens with zero attached hydrogens (tertiary/aromatic N) is 6. The fourth-order valence-corrected chi connectivity index (χ4v) is 4.69. The van der Waals surface area contributed by atoms with E-state index in [9.17, 15) is 17.6 Å². The van der Waals surface area contributed by atoms with E-state index in [-0.39, 0.29) is 30.0 Å². The van der Waals surface area contributed by atoms with Crippen molar-refractivity contribution >= 4 is 23.1 Å². The first kappa shape index (κ1) is 23.3. The minimum absolute atomic E-state index is 0.0301. The normalized spacial score (nSPS) is 20.9. The molecule has 2 aliphatic heterocycles. The van der Waals surface area contributed by atoms with Crippen LogP contribution in [-0.4, -0.2) is 52.9 Å². The Morgan fingerprint density at radius 3 is 2.57 bits per heavy atom. The van der Waals surface area contributed by atoms with Crippen LogP contribution >= 0.6 is 0 Å². The zero-order chi connectivity index (χ0) is 24.9. The van der Waals surface area contributed by atoms with E-state index in [1.165, 1.54) is 12.1 Å². The van der Waals surface area contributed by atoms with Gasteiger partial charge < -0.3 is 18.9 Å². The Morgan fingerprint density at radius 1 is 1.14 bits per heavy atom. The van der Waals surface area contributed by atoms with Crippen LogP contribution in [0.25, 0.3) is 10.9 Å². The van der Waals surface area contributed by atoms with Crippen molar-refractivity contribution in [2.45, 2.75) is 31.8 Å². The Hall–Kier alpha value is -3.41. The van der Waals surface area contributed by atoms with Crippen LogP contribution < -0.4 is 4.90 Å². The van der Waals surface area contributed by atoms with E-state index < -0.39 is 17.6 Å². The number of aliphatic imine (C=N–C) groups is 1. The smallest absolute Gasteiger partial charge is 0.418 e. The number of alkyl halides is 3. The number of ether oxygens (including phenoxy) is 2. The van der Waals surface area contributed by atoms with Crippen molar-refractivity contribution in [2.24, 2.45) is 10.9 Å². The molecule has 5 rings (SSSR count). The molecular formula is C23H24F4N6O2. The summed E-state index contributed by atoms with van der Waals surface area (Å²) in [6, 6.07) is 3.07. The number of hydrogen-bond acceptors (Lipinski definition) is 6. The number of anilines is 1. The average Bonchev–Trinajstić information content (AvgIpc) is 3.35. The molecule has 3 aromatic rings. The van der Waals surface area contributed by atoms with Gasteiger partial charge in [0.2, 0.25) is 11.8 Å². The summed E-state index contributed by atoms with van der Waals surface area (Å²) in [5.74, 6) is 1.05. The zero-order valence-corrected chi connectivity index (χ0v) is 19.3. The molecule has 2 aromatic heterocycles. The number of allylic oxidation sites excluding steroid dienone is 1. The van der Waals surface area contributed by atoms with Gasteiger partial charge in [0, 0.05) is 49.4 Å². The summed E-state index contributed by atoms with van der Waals surface area (Å²) < 4.78 is 68.6. The highest BCUT2D eigenvalue weighted by Crippen LogP contribution is 2.40. The number of methoxy groups -OCH3 is 2. The van der Waals surface area contributed by atoms with Gasteiger partial charge in [-0.2, -0.15) is 13.2 Å². The second-order valence-electron chi connectivity index (χ2n) is 8.72. The van der Waals surface area contributed by atoms with Gasteiger partial charge in [0.1, 0.15) is 12.4 Å². The van der Waals surface area contributed by atoms with Crippen LogP contribution in [-0.2, 0) is 22.3 Å². The first-order chi connectivity index (χ1) is 16.7. The van der Waals surface area contributed by atoms with Crippen LogP contribution in [0.5, 0.6) is 0 Å². The predicted molar refractivity (Wildman–Crippen MR) is 121 cm³/mol. The molecule has 186 valence electrons. The molecule has 1 fully saturated rings. The molecule has 12 heteroatoms. The van der Waals surface area contributed by atoms with Crippen molar-refractivity contribution in [3.05, 3.63) is 53.6 Å². The third kappa shape index (κ3) is 4.05. The molecular weight excluding hydrogens is 468 g/mol. The predicted octanol–water partition coefficient (Wildman–Crippen LogP) is 4.35. The Labute approximate surface area is 198 Å². The molecule has 4 heterocycles. The van der Waals surface area contributed by atoms with Gasteiger partial charge in [-0.3, -0.25) is 4.57 Å². The number of benzene rings is 1. The standard InChI is InChI=1S/C23H24F4N6O2/c1-13-6-21(35-3)28-8-19(13)33-20(12-34-2)29-30-22(33)31-9-15(10-31)32-11-17(23(25,26)27)16-7-14(24)4-5-18(16)32/h4-8,11,13,15,19H,9-10,12H2,1-3H3. The Kier molecular flexibility index (Phi) is 5.78. The van der Waals surface area contributed by atoms with Crippen LogP contribution in [0.2, 0.25) is 0 Å². The van der Waals surface area contributed by atoms with Gasteiger partial charge in [-0.25, -0.2) is 9.38 Å². The van der Waals surface area contributed by atoms with Crippen LogP contribution in [0.3, 0.4) is 0 Å². The molecule has 0 aliphatic carbocycles. The lowest BCUT2D eigenvalue weighted by atomic mass is 10.0. The van der Waals surface area contributed by atoms with Gasteiger partial charge in [0.05, 0.1) is 24.8 Å². The van der Waals surface area contributed by atoms with Crippen LogP contribution in [0, 0.1) is 11.7 Å². The maximum Gasteiger partial charge on any atom is 0.418 e. The minimum Gasteiger partial charge on any atom is -0.481 e. The van der Waals surface area contributed by atoms with Crippen LogP contribution in [0.1, 0.15) is 30.4 Å². The van der Waals surface area contributed by atoms with Crippen LogP contribution in [0.4, 0.5) is 23.5 Å². The molecule has 0 radical (unpaired) electrons. The van der Waals surface area contributed by atoms with Gasteiger partial charge in [-0.1, -0.05) is 6.92 Å². The highest BCUT2D eigenvalue weighted by Gasteiger charge is 2.39. The maximum absolute atomic E-state index is 13.7. The lowest BCUT2D eigenvalue weighted by Crippen LogP contribution is -2.49. The summed E-state index contributed by atoms with van der Waals surface area (Å²) in [5, 5.41) is 8.50. The van der Waals surface area contributed by atoms with Crippen molar-refractivity contribution in [2.75, 3.05) is 32.2 Å². The number of rotatable bonds is 6. The minimum atomic E-state index is -4.58. The van der Waals surface area contributed by atoms with Crippen molar-refractivity contribution in [1.29, 1.82) is 0 Å². The Morgan fingerprint density at radius 2 is 1.91 bits per heavy atom. The van der Waals surface area contributed by atoms with Crippen molar-refractivity contribution in [3.8, 4) is 0 Å². The van der Waals surface area contributed by atoms with Crippen LogP contribution in [0.15, 0.2) is 41.3 Å². The lowest BCUT2D eigenvalue weighted by Gasteiger charge is -2.41. The molecule has 0 amide bonds. The van der Waals surface area contributed by atoms with E-state index in [4.69, 9.17) is 9.47 Å². The zero-order valence-electron chi connectivity index (χ0n) is 19.3. The number of halogens is 4. The quantitative estimate of drug-likeness (QED) is 0.479. The van der Waals surface area contributed by atoms with E-state index in [0.29, 0.717) is 36.3 Å². The van der Waals surface area contributed by atoms with E-state index in [2.05, 4.69) is 15.2 Å². The van der Waals surface area contributed by atoms with Gasteiger partial charge >= 0.3 is 6.18 Å². The van der Waals surface area contributed by atoms with E-state index >= 15 is 0 Å². The largest absolute Gasteiger partial charge is 0.481 e. The van der Waals surface area contributed by atoms with Gasteiger partial charge in [-0.15, -0.1) is 10.2 Å². The van der Waals surface area contributed by atoms with Crippen molar-refractivity contribution in [3.63, 3.8) is 0 Å². The van der Waals surface area contributed by atoms with Crippen molar-refractivity contribution < 1.29 is 27.0 Å². The van der Waals surface area contributed by atoms with E-state index in [0.717, 1.165) is 12.3 Å². The molecule has 1 saturated heterocycles. The number of aromatic nitrogens is 4. The molecule has 0 bridgehead atoms. The summed E-state index contributed by atoms with van der Waals surface area (Å²) in [6.45, 7) is 3.10. The lowest BCUT2D eigenvalue weighted by molar-refractivity contribution is -0.136. The number of hydrogen-bond donors (Lipinski definition) is 0. The fourth-order valence-electron chi connectivity index (χ4n) is 4.69. The first-order valence-corrected chi connectivity index (χ1v) is 11.1. The maximum atomic E-state index is 13.7. The summed E-state index contributed by atoms with van der Waals surface area (Å²) in [7, 11) is 3.12. The summed E-state index contributed by atoms with van der Waals surface area (Å²) in [6.07, 6.45) is 0.172. The fraction of sp³-hybridized carbons (Fsp3) is 0.435. The summed E-state index contributed by atoms with van der Waals surface area (Å²) in [4.78, 5) is 6.30. The summed E-state index contributed by atoms with van der Waals surface area (Å²) >= 11 is 0. The van der Waals surface area contributed by atoms with Gasteiger partial charge in [0.15, 0.2) is 5.82 Å². The molecule has 35 heavy (non-hydrogen) atoms. The van der Waals surface area contributed by atoms with Gasteiger partial charge in [-0.05, 0) is 24.3 Å². The molecule has 2 aliphatic rings. The highest BCUT2D eigenvalue weighted by molar-refractivity contribution is 5.85. The molecule has 8 nitrogen and oxygen atoms in total. The van der Waals surface area contributed by atoms with Crippen molar-refractivity contribution in [1.82, 2.24) is 19.3 Å². The molecule has 2 unspecified atom stereocenters. The van der Waals surface area contributed by atoms with E-state index in [1.54, 1.807) is 25.0 Å². The summed E-state index contributed by atoms with van der Waals surface area (Å²) in [5.41, 5.74) is -0.501. The second-order valence-corrected chi connectivity index (χ2v) is 8.72. The SMILES string of the molecule is COCc1nnc(N2CC(n3cc(C(F)(F)F)c4cc(F)ccc43)C2)n1C1C=NC(OC)=CC1C. The first-order valence-electron chi connectivity index (χ1n) is 11.1. The average molecular weight is 492 g/mol. The molecule has 0 N–H and O–H groups in total. The molecule has 1 aromatic carbocycles. The number of fused-ring (bicyclic) bond motifs is 1. The van der Waals surface area contributed by atoms with E-state index in [1.807, 2.05) is 22.5 Å². The third-order valence-corrected chi connectivity index (χ3v) is 6.47. The topological polar surface area (TPSA) is 69.7 Å². The highest BCUT2D eigenvalue weighted by atomic mass is 19.4. The Bertz CT molecular complexity index is 1310. The Balaban J connectivity index is 1.44. The van der Waals surface area contributed by atoms with Gasteiger partial charge in [0.25, 0.3) is 0 Å².